The summed E-state index contributed by atoms with van der Waals surface area (Å²) in [5.74, 6) is 0.0818. The molecule has 24 heavy (non-hydrogen) atoms. The van der Waals surface area contributed by atoms with Gasteiger partial charge in [-0.05, 0) is 19.1 Å². The first-order valence-corrected chi connectivity index (χ1v) is 7.54. The Hall–Kier alpha value is -2.16. The summed E-state index contributed by atoms with van der Waals surface area (Å²) in [6.07, 6.45) is -1.87. The van der Waals surface area contributed by atoms with Crippen LogP contribution in [0.5, 0.6) is 0 Å². The van der Waals surface area contributed by atoms with Crippen molar-refractivity contribution in [3.8, 4) is 0 Å². The Kier molecular flexibility index (Phi) is 5.76. The lowest BCUT2D eigenvalue weighted by Crippen LogP contribution is -2.38. The van der Waals surface area contributed by atoms with Gasteiger partial charge < -0.3 is 15.1 Å². The van der Waals surface area contributed by atoms with Gasteiger partial charge in [-0.15, -0.1) is 0 Å². The maximum atomic E-state index is 12.5. The number of nitrogens with one attached hydrogen (secondary N) is 2. The van der Waals surface area contributed by atoms with Crippen molar-refractivity contribution in [2.45, 2.75) is 19.5 Å². The topological polar surface area (TPSA) is 66.5 Å². The quantitative estimate of drug-likeness (QED) is 0.801. The van der Waals surface area contributed by atoms with Gasteiger partial charge in [0.25, 0.3) is 0 Å². The highest BCUT2D eigenvalue weighted by atomic mass is 35.5. The standard InChI is InChI=1S/C14H16ClF3N4O2/c1-2-24-13(23)22-5-3-10(4-6-22)20-21-12-11(15)7-9(8-19-12)14(16,17)18/h3,7-8,20H,2,4-6H2,1H3,(H,19,21). The molecule has 0 saturated carbocycles. The molecule has 6 nitrogen and oxygen atoms in total. The fourth-order valence-electron chi connectivity index (χ4n) is 1.99. The van der Waals surface area contributed by atoms with Gasteiger partial charge in [0.2, 0.25) is 0 Å². The van der Waals surface area contributed by atoms with Crippen LogP contribution in [0.25, 0.3) is 0 Å². The summed E-state index contributed by atoms with van der Waals surface area (Å²) in [4.78, 5) is 16.8. The molecular formula is C14H16ClF3N4O2. The molecule has 0 spiro atoms. The summed E-state index contributed by atoms with van der Waals surface area (Å²) >= 11 is 5.80. The Morgan fingerprint density at radius 3 is 2.75 bits per heavy atom. The molecule has 0 aromatic carbocycles. The molecular weight excluding hydrogens is 349 g/mol. The Morgan fingerprint density at radius 2 is 2.21 bits per heavy atom. The number of rotatable bonds is 4. The van der Waals surface area contributed by atoms with Gasteiger partial charge in [0.05, 0.1) is 17.2 Å². The van der Waals surface area contributed by atoms with Crippen molar-refractivity contribution < 1.29 is 22.7 Å². The number of halogens is 4. The first-order valence-electron chi connectivity index (χ1n) is 7.16. The SMILES string of the molecule is CCOC(=O)N1CC=C(NNc2ncc(C(F)(F)F)cc2Cl)CC1. The maximum Gasteiger partial charge on any atom is 0.417 e. The van der Waals surface area contributed by atoms with E-state index in [4.69, 9.17) is 16.3 Å². The molecule has 0 fully saturated rings. The molecule has 0 saturated heterocycles. The number of carbonyl (C=O) groups is 1. The first kappa shape index (κ1) is 18.2. The summed E-state index contributed by atoms with van der Waals surface area (Å²) < 4.78 is 42.5. The van der Waals surface area contributed by atoms with Crippen molar-refractivity contribution in [3.05, 3.63) is 34.6 Å². The number of nitrogens with zero attached hydrogens (tertiary/aromatic N) is 2. The van der Waals surface area contributed by atoms with Crippen LogP contribution in [0.15, 0.2) is 24.0 Å². The van der Waals surface area contributed by atoms with E-state index in [0.717, 1.165) is 11.8 Å². The molecule has 1 aliphatic rings. The zero-order chi connectivity index (χ0) is 17.7. The fraction of sp³-hybridized carbons (Fsp3) is 0.429. The van der Waals surface area contributed by atoms with E-state index in [1.807, 2.05) is 0 Å². The van der Waals surface area contributed by atoms with Crippen molar-refractivity contribution >= 4 is 23.5 Å². The molecule has 0 radical (unpaired) electrons. The lowest BCUT2D eigenvalue weighted by molar-refractivity contribution is -0.137. The number of hydrazine groups is 1. The number of hydrogen-bond acceptors (Lipinski definition) is 5. The Labute approximate surface area is 141 Å². The Balaban J connectivity index is 1.91. The van der Waals surface area contributed by atoms with Crippen LogP contribution in [0.3, 0.4) is 0 Å². The highest BCUT2D eigenvalue weighted by Gasteiger charge is 2.31. The highest BCUT2D eigenvalue weighted by molar-refractivity contribution is 6.32. The van der Waals surface area contributed by atoms with Crippen LogP contribution in [0.4, 0.5) is 23.8 Å². The number of ether oxygens (including phenoxy) is 1. The second-order valence-corrected chi connectivity index (χ2v) is 5.33. The number of alkyl halides is 3. The molecule has 1 aromatic heterocycles. The number of hydrogen-bond donors (Lipinski definition) is 2. The molecule has 132 valence electrons. The first-order chi connectivity index (χ1) is 11.3. The largest absolute Gasteiger partial charge is 0.450 e. The number of pyridine rings is 1. The van der Waals surface area contributed by atoms with Crippen molar-refractivity contribution in [2.75, 3.05) is 25.1 Å². The van der Waals surface area contributed by atoms with Gasteiger partial charge in [0, 0.05) is 31.4 Å². The average molecular weight is 365 g/mol. The Morgan fingerprint density at radius 1 is 1.46 bits per heavy atom. The fourth-order valence-corrected chi connectivity index (χ4v) is 2.20. The summed E-state index contributed by atoms with van der Waals surface area (Å²) in [5, 5.41) is -0.151. The van der Waals surface area contributed by atoms with E-state index in [0.29, 0.717) is 32.3 Å². The van der Waals surface area contributed by atoms with Crippen LogP contribution in [0.2, 0.25) is 5.02 Å². The normalized spacial score (nSPS) is 14.9. The van der Waals surface area contributed by atoms with E-state index >= 15 is 0 Å². The summed E-state index contributed by atoms with van der Waals surface area (Å²) in [6, 6.07) is 0.802. The summed E-state index contributed by atoms with van der Waals surface area (Å²) in [5.41, 5.74) is 5.35. The van der Waals surface area contributed by atoms with Gasteiger partial charge in [0.1, 0.15) is 0 Å². The van der Waals surface area contributed by atoms with E-state index < -0.39 is 11.7 Å². The third-order valence-electron chi connectivity index (χ3n) is 3.25. The van der Waals surface area contributed by atoms with Gasteiger partial charge in [-0.1, -0.05) is 11.6 Å². The average Bonchev–Trinajstić information content (AvgIpc) is 2.53. The smallest absolute Gasteiger partial charge is 0.417 e. The van der Waals surface area contributed by atoms with E-state index in [1.54, 1.807) is 13.0 Å². The predicted molar refractivity (Wildman–Crippen MR) is 82.3 cm³/mol. The van der Waals surface area contributed by atoms with Crippen LogP contribution in [-0.4, -0.2) is 35.7 Å². The van der Waals surface area contributed by atoms with Crippen LogP contribution < -0.4 is 10.9 Å². The second-order valence-electron chi connectivity index (χ2n) is 4.93. The van der Waals surface area contributed by atoms with E-state index in [2.05, 4.69) is 15.8 Å². The lowest BCUT2D eigenvalue weighted by atomic mass is 10.2. The highest BCUT2D eigenvalue weighted by Crippen LogP contribution is 2.32. The van der Waals surface area contributed by atoms with Crippen molar-refractivity contribution in [1.82, 2.24) is 15.3 Å². The minimum absolute atomic E-state index is 0.0818. The van der Waals surface area contributed by atoms with E-state index in [-0.39, 0.29) is 16.9 Å². The number of carbonyl (C=O) groups excluding carboxylic acids is 1. The molecule has 0 bridgehead atoms. The predicted octanol–water partition coefficient (Wildman–Crippen LogP) is 3.42. The van der Waals surface area contributed by atoms with Crippen LogP contribution in [0.1, 0.15) is 18.9 Å². The van der Waals surface area contributed by atoms with E-state index in [9.17, 15) is 18.0 Å². The van der Waals surface area contributed by atoms with E-state index in [1.165, 1.54) is 4.90 Å². The monoisotopic (exact) mass is 364 g/mol. The third-order valence-corrected chi connectivity index (χ3v) is 3.53. The summed E-state index contributed by atoms with van der Waals surface area (Å²) in [6.45, 7) is 2.88. The van der Waals surface area contributed by atoms with Crippen molar-refractivity contribution in [3.63, 3.8) is 0 Å². The molecule has 0 unspecified atom stereocenters. The number of amides is 1. The zero-order valence-electron chi connectivity index (χ0n) is 12.8. The van der Waals surface area contributed by atoms with Crippen LogP contribution in [0, 0.1) is 0 Å². The second kappa shape index (κ2) is 7.61. The third kappa shape index (κ3) is 4.67. The molecule has 1 aliphatic heterocycles. The number of aromatic nitrogens is 1. The molecule has 0 aliphatic carbocycles. The minimum Gasteiger partial charge on any atom is -0.450 e. The van der Waals surface area contributed by atoms with Crippen LogP contribution in [-0.2, 0) is 10.9 Å². The molecule has 1 aromatic rings. The summed E-state index contributed by atoms with van der Waals surface area (Å²) in [7, 11) is 0. The molecule has 2 heterocycles. The molecule has 0 atom stereocenters. The molecule has 1 amide bonds. The Bertz CT molecular complexity index is 637. The van der Waals surface area contributed by atoms with Gasteiger partial charge in [0.15, 0.2) is 5.82 Å². The molecule has 10 heteroatoms. The van der Waals surface area contributed by atoms with Gasteiger partial charge in [-0.3, -0.25) is 5.43 Å². The minimum atomic E-state index is -4.49. The van der Waals surface area contributed by atoms with Gasteiger partial charge in [-0.25, -0.2) is 9.78 Å². The van der Waals surface area contributed by atoms with Crippen molar-refractivity contribution in [2.24, 2.45) is 0 Å². The lowest BCUT2D eigenvalue weighted by Gasteiger charge is -2.26. The number of anilines is 1. The zero-order valence-corrected chi connectivity index (χ0v) is 13.5. The molecule has 2 N–H and O–H groups in total. The van der Waals surface area contributed by atoms with Gasteiger partial charge in [-0.2, -0.15) is 13.2 Å². The molecule has 2 rings (SSSR count). The van der Waals surface area contributed by atoms with Gasteiger partial charge >= 0.3 is 12.3 Å². The van der Waals surface area contributed by atoms with Crippen LogP contribution >= 0.6 is 11.6 Å². The maximum absolute atomic E-state index is 12.5. The van der Waals surface area contributed by atoms with Crippen molar-refractivity contribution in [1.29, 1.82) is 0 Å².